The van der Waals surface area contributed by atoms with E-state index in [1.807, 2.05) is 24.3 Å². The molecule has 0 spiro atoms. The van der Waals surface area contributed by atoms with Crippen molar-refractivity contribution in [3.8, 4) is 11.1 Å². The van der Waals surface area contributed by atoms with Crippen molar-refractivity contribution in [1.29, 1.82) is 0 Å². The van der Waals surface area contributed by atoms with Gasteiger partial charge in [0.05, 0.1) is 6.85 Å². The van der Waals surface area contributed by atoms with Crippen LogP contribution in [0.25, 0.3) is 28.0 Å². The van der Waals surface area contributed by atoms with Crippen LogP contribution in [0.1, 0.15) is 22.8 Å². The molecule has 3 aromatic rings. The standard InChI is InChI=1S/C19H12O/c20-17-12-10-15-8-4-7-14-9-11-16(19(17)18(14)15)13-5-2-1-3-6-13/h1-12H/i1D,2D,3D,5D,6D. The molecule has 1 nitrogen and oxygen atoms in total. The smallest absolute Gasteiger partial charge is 0.187 e. The van der Waals surface area contributed by atoms with Gasteiger partial charge in [-0.05, 0) is 28.2 Å². The minimum atomic E-state index is -0.444. The Bertz CT molecular complexity index is 1090. The quantitative estimate of drug-likeness (QED) is 0.619. The highest BCUT2D eigenvalue weighted by Gasteiger charge is 2.19. The zero-order valence-corrected chi connectivity index (χ0v) is 10.4. The van der Waals surface area contributed by atoms with Crippen molar-refractivity contribution < 1.29 is 11.6 Å². The number of carbonyl (C=O) groups is 1. The van der Waals surface area contributed by atoms with Crippen molar-refractivity contribution in [3.63, 3.8) is 0 Å². The predicted molar refractivity (Wildman–Crippen MR) is 82.7 cm³/mol. The van der Waals surface area contributed by atoms with E-state index in [1.54, 1.807) is 12.1 Å². The van der Waals surface area contributed by atoms with Crippen LogP contribution < -0.4 is 0 Å². The predicted octanol–water partition coefficient (Wildman–Crippen LogP) is 4.72. The van der Waals surface area contributed by atoms with Gasteiger partial charge in [-0.25, -0.2) is 0 Å². The van der Waals surface area contributed by atoms with E-state index in [2.05, 4.69) is 0 Å². The first kappa shape index (κ1) is 7.20. The SMILES string of the molecule is [2H]c1c([2H])c([2H])c(-c2ccc3cccc4c3c2C(=O)C=C4)c([2H])c1[2H]. The topological polar surface area (TPSA) is 17.1 Å². The first-order valence-corrected chi connectivity index (χ1v) is 6.27. The second-order valence-electron chi connectivity index (χ2n) is 4.63. The van der Waals surface area contributed by atoms with Crippen molar-refractivity contribution in [2.75, 3.05) is 0 Å². The van der Waals surface area contributed by atoms with Gasteiger partial charge < -0.3 is 0 Å². The second-order valence-corrected chi connectivity index (χ2v) is 4.63. The Morgan fingerprint density at radius 1 is 0.900 bits per heavy atom. The number of carbonyl (C=O) groups excluding carboxylic acids is 1. The van der Waals surface area contributed by atoms with Gasteiger partial charge in [0.1, 0.15) is 0 Å². The number of allylic oxidation sites excluding steroid dienone is 1. The molecule has 0 bridgehead atoms. The average Bonchev–Trinajstić information content (AvgIpc) is 2.62. The van der Waals surface area contributed by atoms with E-state index in [9.17, 15) is 4.79 Å². The molecule has 0 N–H and O–H groups in total. The molecular weight excluding hydrogens is 244 g/mol. The zero-order chi connectivity index (χ0) is 17.9. The van der Waals surface area contributed by atoms with Gasteiger partial charge in [0.15, 0.2) is 5.78 Å². The van der Waals surface area contributed by atoms with Crippen molar-refractivity contribution >= 4 is 22.6 Å². The normalized spacial score (nSPS) is 16.4. The van der Waals surface area contributed by atoms with Gasteiger partial charge in [0.2, 0.25) is 0 Å². The number of rotatable bonds is 1. The molecule has 0 saturated heterocycles. The van der Waals surface area contributed by atoms with Crippen LogP contribution in [0.15, 0.2) is 66.6 Å². The summed E-state index contributed by atoms with van der Waals surface area (Å²) in [7, 11) is 0. The fourth-order valence-corrected chi connectivity index (χ4v) is 2.64. The number of hydrogen-bond acceptors (Lipinski definition) is 1. The van der Waals surface area contributed by atoms with Crippen LogP contribution in [0.3, 0.4) is 0 Å². The molecule has 94 valence electrons. The van der Waals surface area contributed by atoms with Gasteiger partial charge in [0.25, 0.3) is 0 Å². The summed E-state index contributed by atoms with van der Waals surface area (Å²) in [5.41, 5.74) is 1.68. The van der Waals surface area contributed by atoms with E-state index in [0.717, 1.165) is 16.3 Å². The van der Waals surface area contributed by atoms with E-state index >= 15 is 0 Å². The second kappa shape index (κ2) is 4.17. The summed E-state index contributed by atoms with van der Waals surface area (Å²) in [4.78, 5) is 12.6. The fraction of sp³-hybridized carbons (Fsp3) is 0. The van der Waals surface area contributed by atoms with Crippen molar-refractivity contribution in [2.45, 2.75) is 0 Å². The fourth-order valence-electron chi connectivity index (χ4n) is 2.64. The van der Waals surface area contributed by atoms with Gasteiger partial charge in [-0.15, -0.1) is 0 Å². The van der Waals surface area contributed by atoms with E-state index in [0.29, 0.717) is 11.1 Å². The lowest BCUT2D eigenvalue weighted by Gasteiger charge is -2.16. The summed E-state index contributed by atoms with van der Waals surface area (Å²) in [6.07, 6.45) is 3.19. The first-order chi connectivity index (χ1) is 11.9. The molecule has 0 amide bonds. The molecule has 4 rings (SSSR count). The highest BCUT2D eigenvalue weighted by molar-refractivity contribution is 6.23. The first-order valence-electron chi connectivity index (χ1n) is 8.77. The largest absolute Gasteiger partial charge is 0.289 e. The minimum absolute atomic E-state index is 0.0568. The van der Waals surface area contributed by atoms with Crippen LogP contribution in [0, 0.1) is 0 Å². The van der Waals surface area contributed by atoms with Gasteiger partial charge in [-0.2, -0.15) is 0 Å². The summed E-state index contributed by atoms with van der Waals surface area (Å²) in [5, 5.41) is 1.63. The van der Waals surface area contributed by atoms with Crippen LogP contribution in [0.2, 0.25) is 0 Å². The molecule has 0 saturated carbocycles. The Morgan fingerprint density at radius 2 is 1.75 bits per heavy atom. The Kier molecular flexibility index (Phi) is 1.50. The third-order valence-corrected chi connectivity index (χ3v) is 3.51. The Balaban J connectivity index is 2.18. The lowest BCUT2D eigenvalue weighted by molar-refractivity contribution is 0.104. The molecule has 0 radical (unpaired) electrons. The van der Waals surface area contributed by atoms with Gasteiger partial charge in [-0.3, -0.25) is 4.79 Å². The summed E-state index contributed by atoms with van der Waals surface area (Å²) in [5.74, 6) is -0.230. The molecule has 0 heterocycles. The average molecular weight is 261 g/mol. The van der Waals surface area contributed by atoms with Gasteiger partial charge >= 0.3 is 0 Å². The Morgan fingerprint density at radius 3 is 2.60 bits per heavy atom. The third kappa shape index (κ3) is 1.53. The summed E-state index contributed by atoms with van der Waals surface area (Å²) >= 11 is 0. The highest BCUT2D eigenvalue weighted by atomic mass is 16.1. The summed E-state index contributed by atoms with van der Waals surface area (Å²) in [6, 6.07) is 7.28. The maximum absolute atomic E-state index is 12.6. The molecule has 1 aliphatic carbocycles. The van der Waals surface area contributed by atoms with Crippen LogP contribution in [-0.2, 0) is 0 Å². The van der Waals surface area contributed by atoms with Crippen molar-refractivity contribution in [1.82, 2.24) is 0 Å². The number of hydrogen-bond donors (Lipinski definition) is 0. The molecule has 0 unspecified atom stereocenters. The molecule has 0 fully saturated rings. The zero-order valence-electron chi connectivity index (χ0n) is 15.4. The van der Waals surface area contributed by atoms with Crippen molar-refractivity contribution in [2.24, 2.45) is 0 Å². The van der Waals surface area contributed by atoms with Crippen LogP contribution in [0.4, 0.5) is 0 Å². The molecule has 3 aromatic carbocycles. The van der Waals surface area contributed by atoms with Crippen LogP contribution in [-0.4, -0.2) is 5.78 Å². The summed E-state index contributed by atoms with van der Waals surface area (Å²) in [6.45, 7) is 0. The molecular formula is C19H12O. The maximum Gasteiger partial charge on any atom is 0.187 e. The van der Waals surface area contributed by atoms with Crippen LogP contribution >= 0.6 is 0 Å². The molecule has 0 aliphatic heterocycles. The highest BCUT2D eigenvalue weighted by Crippen LogP contribution is 2.35. The van der Waals surface area contributed by atoms with Crippen molar-refractivity contribution in [3.05, 3.63) is 77.7 Å². The number of benzene rings is 3. The molecule has 0 atom stereocenters. The van der Waals surface area contributed by atoms with E-state index in [4.69, 9.17) is 6.85 Å². The third-order valence-electron chi connectivity index (χ3n) is 3.51. The molecule has 20 heavy (non-hydrogen) atoms. The van der Waals surface area contributed by atoms with Gasteiger partial charge in [-0.1, -0.05) is 66.6 Å². The van der Waals surface area contributed by atoms with E-state index < -0.39 is 18.1 Å². The maximum atomic E-state index is 12.6. The van der Waals surface area contributed by atoms with Crippen LogP contribution in [0.5, 0.6) is 0 Å². The lowest BCUT2D eigenvalue weighted by Crippen LogP contribution is -2.04. The minimum Gasteiger partial charge on any atom is -0.289 e. The molecule has 1 aliphatic rings. The van der Waals surface area contributed by atoms with Gasteiger partial charge in [0, 0.05) is 10.9 Å². The van der Waals surface area contributed by atoms with E-state index in [-0.39, 0.29) is 23.4 Å². The molecule has 0 aromatic heterocycles. The van der Waals surface area contributed by atoms with E-state index in [1.165, 1.54) is 6.08 Å². The number of ketones is 1. The Labute approximate surface area is 124 Å². The lowest BCUT2D eigenvalue weighted by atomic mass is 9.86. The Hall–Kier alpha value is -2.67. The summed E-state index contributed by atoms with van der Waals surface area (Å²) < 4.78 is 39.9. The monoisotopic (exact) mass is 261 g/mol. The molecule has 1 heteroatoms.